The summed E-state index contributed by atoms with van der Waals surface area (Å²) in [5.74, 6) is 3.41. The zero-order valence-corrected chi connectivity index (χ0v) is 23.5. The predicted molar refractivity (Wildman–Crippen MR) is 138 cm³/mol. The molecule has 2 aliphatic heterocycles. The first-order valence-electron chi connectivity index (χ1n) is 14.5. The Morgan fingerprint density at radius 3 is 1.56 bits per heavy atom. The molecule has 12 unspecified atom stereocenters. The molecule has 5 rings (SSSR count). The number of methoxy groups -OCH3 is 6. The zero-order valence-electron chi connectivity index (χ0n) is 23.5. The van der Waals surface area contributed by atoms with Crippen LogP contribution in [0.1, 0.15) is 57.8 Å². The maximum absolute atomic E-state index is 6.01. The first-order chi connectivity index (χ1) is 17.6. The number of piperidine rings is 2. The van der Waals surface area contributed by atoms with Crippen molar-refractivity contribution in [3.63, 3.8) is 0 Å². The Kier molecular flexibility index (Phi) is 8.98. The molecule has 0 N–H and O–H groups in total. The topological polar surface area (TPSA) is 58.6 Å². The molecule has 13 atom stereocenters. The summed E-state index contributed by atoms with van der Waals surface area (Å²) >= 11 is 0. The lowest BCUT2D eigenvalue weighted by Gasteiger charge is -2.62. The maximum Gasteiger partial charge on any atom is 0.0836 e. The molecule has 3 saturated carbocycles. The summed E-state index contributed by atoms with van der Waals surface area (Å²) < 4.78 is 35.7. The molecule has 2 heterocycles. The normalized spacial score (nSPS) is 49.7. The molecule has 5 fully saturated rings. The number of hydrogen-bond donors (Lipinski definition) is 0. The van der Waals surface area contributed by atoms with E-state index in [0.29, 0.717) is 35.8 Å². The van der Waals surface area contributed by atoms with Gasteiger partial charge in [0.1, 0.15) is 0 Å². The SMILES string of the molecule is COC1CCC([C@H]2C3CC(OC)C(OC)CC3CC3C4CC(OC)C(OC)CC4CCN32)CC1OC. The van der Waals surface area contributed by atoms with Crippen LogP contribution in [0.25, 0.3) is 0 Å². The molecule has 208 valence electrons. The fraction of sp³-hybridized carbons (Fsp3) is 1.00. The number of rotatable bonds is 7. The highest BCUT2D eigenvalue weighted by atomic mass is 16.5. The van der Waals surface area contributed by atoms with Gasteiger partial charge in [0.25, 0.3) is 0 Å². The number of nitrogens with zero attached hydrogens (tertiary/aromatic N) is 1. The van der Waals surface area contributed by atoms with Crippen molar-refractivity contribution < 1.29 is 28.4 Å². The Bertz CT molecular complexity index is 709. The Hall–Kier alpha value is -0.280. The van der Waals surface area contributed by atoms with Crippen LogP contribution in [-0.4, -0.2) is 103 Å². The van der Waals surface area contributed by atoms with Crippen molar-refractivity contribution in [1.29, 1.82) is 0 Å². The molecule has 3 aliphatic carbocycles. The van der Waals surface area contributed by atoms with E-state index in [9.17, 15) is 0 Å². The molecule has 0 spiro atoms. The van der Waals surface area contributed by atoms with Gasteiger partial charge in [-0.15, -0.1) is 0 Å². The van der Waals surface area contributed by atoms with Crippen molar-refractivity contribution in [2.45, 2.75) is 106 Å². The fourth-order valence-electron chi connectivity index (χ4n) is 9.50. The summed E-state index contributed by atoms with van der Waals surface area (Å²) in [7, 11) is 11.2. The van der Waals surface area contributed by atoms with Crippen LogP contribution in [0.5, 0.6) is 0 Å². The molecule has 7 nitrogen and oxygen atoms in total. The highest BCUT2D eigenvalue weighted by Gasteiger charge is 2.56. The predicted octanol–water partition coefficient (Wildman–Crippen LogP) is 3.78. The Labute approximate surface area is 218 Å². The van der Waals surface area contributed by atoms with Gasteiger partial charge in [-0.05, 0) is 93.9 Å². The summed E-state index contributed by atoms with van der Waals surface area (Å²) in [6.45, 7) is 1.21. The number of hydrogen-bond acceptors (Lipinski definition) is 7. The van der Waals surface area contributed by atoms with E-state index in [0.717, 1.165) is 44.4 Å². The average Bonchev–Trinajstić information content (AvgIpc) is 2.93. The third-order valence-corrected chi connectivity index (χ3v) is 11.2. The fourth-order valence-corrected chi connectivity index (χ4v) is 9.50. The van der Waals surface area contributed by atoms with Crippen molar-refractivity contribution in [2.75, 3.05) is 49.2 Å². The van der Waals surface area contributed by atoms with Crippen molar-refractivity contribution in [3.05, 3.63) is 0 Å². The summed E-state index contributed by atoms with van der Waals surface area (Å²) in [6.07, 6.45) is 11.7. The van der Waals surface area contributed by atoms with Crippen molar-refractivity contribution >= 4 is 0 Å². The van der Waals surface area contributed by atoms with Crippen LogP contribution in [0.3, 0.4) is 0 Å². The van der Waals surface area contributed by atoms with Crippen molar-refractivity contribution in [1.82, 2.24) is 4.90 Å². The van der Waals surface area contributed by atoms with Gasteiger partial charge >= 0.3 is 0 Å². The molecule has 0 aromatic carbocycles. The third kappa shape index (κ3) is 4.91. The third-order valence-electron chi connectivity index (χ3n) is 11.2. The van der Waals surface area contributed by atoms with E-state index in [-0.39, 0.29) is 36.6 Å². The van der Waals surface area contributed by atoms with Crippen LogP contribution in [0, 0.1) is 29.6 Å². The van der Waals surface area contributed by atoms with Gasteiger partial charge in [-0.25, -0.2) is 0 Å². The number of ether oxygens (including phenoxy) is 6. The minimum Gasteiger partial charge on any atom is -0.379 e. The van der Waals surface area contributed by atoms with E-state index in [2.05, 4.69) is 4.90 Å². The van der Waals surface area contributed by atoms with E-state index >= 15 is 0 Å². The zero-order chi connectivity index (χ0) is 25.4. The second-order valence-electron chi connectivity index (χ2n) is 12.3. The maximum atomic E-state index is 6.01. The van der Waals surface area contributed by atoms with E-state index in [1.54, 1.807) is 0 Å². The highest BCUT2D eigenvalue weighted by Crippen LogP contribution is 2.54. The minimum absolute atomic E-state index is 0.189. The van der Waals surface area contributed by atoms with Crippen LogP contribution in [0.4, 0.5) is 0 Å². The summed E-state index contributed by atoms with van der Waals surface area (Å²) in [6, 6.07) is 1.21. The molecular weight excluding hydrogens is 458 g/mol. The lowest BCUT2D eigenvalue weighted by molar-refractivity contribution is -0.177. The second-order valence-corrected chi connectivity index (χ2v) is 12.3. The highest BCUT2D eigenvalue weighted by molar-refractivity contribution is 5.08. The molecule has 36 heavy (non-hydrogen) atoms. The molecule has 0 amide bonds. The van der Waals surface area contributed by atoms with Crippen molar-refractivity contribution in [3.8, 4) is 0 Å². The molecule has 0 radical (unpaired) electrons. The smallest absolute Gasteiger partial charge is 0.0836 e. The monoisotopic (exact) mass is 509 g/mol. The summed E-state index contributed by atoms with van der Waals surface area (Å²) in [4.78, 5) is 2.98. The summed E-state index contributed by atoms with van der Waals surface area (Å²) in [5.41, 5.74) is 0. The molecule has 5 aliphatic rings. The van der Waals surface area contributed by atoms with Gasteiger partial charge in [0, 0.05) is 54.7 Å². The van der Waals surface area contributed by atoms with Crippen LogP contribution in [0.2, 0.25) is 0 Å². The summed E-state index contributed by atoms with van der Waals surface area (Å²) in [5, 5.41) is 0. The van der Waals surface area contributed by atoms with Gasteiger partial charge in [-0.3, -0.25) is 4.90 Å². The standard InChI is InChI=1S/C29H51NO6/c1-31-23-8-7-18(13-24(23)32-2)29-21-16-28(36-6)26(34-4)14-19(21)11-22-20-15-27(35-5)25(33-3)12-17(20)9-10-30(22)29/h17-29H,7-16H2,1-6H3/t17?,18?,19?,20?,21?,22?,23?,24?,25?,26?,27?,28?,29-/m0/s1. The van der Waals surface area contributed by atoms with Gasteiger partial charge in [-0.2, -0.15) is 0 Å². The van der Waals surface area contributed by atoms with Crippen molar-refractivity contribution in [2.24, 2.45) is 29.6 Å². The molecule has 7 heteroatoms. The second kappa shape index (κ2) is 11.8. The Balaban J connectivity index is 1.44. The van der Waals surface area contributed by atoms with E-state index in [1.807, 2.05) is 42.7 Å². The Morgan fingerprint density at radius 2 is 0.944 bits per heavy atom. The lowest BCUT2D eigenvalue weighted by atomic mass is 9.58. The van der Waals surface area contributed by atoms with Gasteiger partial charge in [0.05, 0.1) is 36.6 Å². The first-order valence-corrected chi connectivity index (χ1v) is 14.5. The molecule has 0 aromatic rings. The Morgan fingerprint density at radius 1 is 0.444 bits per heavy atom. The number of fused-ring (bicyclic) bond motifs is 4. The van der Waals surface area contributed by atoms with Gasteiger partial charge in [0.2, 0.25) is 0 Å². The van der Waals surface area contributed by atoms with Gasteiger partial charge < -0.3 is 28.4 Å². The molecule has 0 aromatic heterocycles. The van der Waals surface area contributed by atoms with Crippen LogP contribution >= 0.6 is 0 Å². The van der Waals surface area contributed by atoms with Gasteiger partial charge in [0.15, 0.2) is 0 Å². The minimum atomic E-state index is 0.189. The van der Waals surface area contributed by atoms with E-state index < -0.39 is 0 Å². The molecular formula is C29H51NO6. The molecule has 2 saturated heterocycles. The van der Waals surface area contributed by atoms with Gasteiger partial charge in [-0.1, -0.05) is 0 Å². The largest absolute Gasteiger partial charge is 0.379 e. The molecule has 0 bridgehead atoms. The first kappa shape index (κ1) is 27.3. The van der Waals surface area contributed by atoms with Crippen LogP contribution in [-0.2, 0) is 28.4 Å². The van der Waals surface area contributed by atoms with Crippen LogP contribution < -0.4 is 0 Å². The van der Waals surface area contributed by atoms with Crippen LogP contribution in [0.15, 0.2) is 0 Å². The average molecular weight is 510 g/mol. The van der Waals surface area contributed by atoms with E-state index in [1.165, 1.54) is 25.8 Å². The lowest BCUT2D eigenvalue weighted by Crippen LogP contribution is -2.66. The van der Waals surface area contributed by atoms with E-state index in [4.69, 9.17) is 28.4 Å². The quantitative estimate of drug-likeness (QED) is 0.518.